The van der Waals surface area contributed by atoms with Crippen molar-refractivity contribution in [2.24, 2.45) is 0 Å². The average molecular weight is 326 g/mol. The predicted molar refractivity (Wildman–Crippen MR) is 81.8 cm³/mol. The van der Waals surface area contributed by atoms with Crippen molar-refractivity contribution >= 4 is 43.3 Å². The quantitative estimate of drug-likeness (QED) is 0.820. The van der Waals surface area contributed by atoms with E-state index in [1.54, 1.807) is 11.3 Å². The molecule has 0 spiro atoms. The van der Waals surface area contributed by atoms with Crippen molar-refractivity contribution in [1.29, 1.82) is 0 Å². The highest BCUT2D eigenvalue weighted by Gasteiger charge is 2.12. The van der Waals surface area contributed by atoms with Crippen LogP contribution in [0.1, 0.15) is 29.4 Å². The molecule has 18 heavy (non-hydrogen) atoms. The molecule has 2 nitrogen and oxygen atoms in total. The molecule has 0 aliphatic carbocycles. The molecule has 1 atom stereocenters. The molecule has 2 rings (SSSR count). The van der Waals surface area contributed by atoms with Gasteiger partial charge in [0.2, 0.25) is 0 Å². The Morgan fingerprint density at radius 3 is 2.94 bits per heavy atom. The Bertz CT molecular complexity index is 504. The predicted octanol–water partition coefficient (Wildman–Crippen LogP) is 4.19. The number of alkyl halides is 1. The number of nitrogens with one attached hydrogen (secondary N) is 1. The van der Waals surface area contributed by atoms with Crippen LogP contribution in [0.15, 0.2) is 30.3 Å². The topological polar surface area (TPSA) is 29.1 Å². The van der Waals surface area contributed by atoms with Crippen LogP contribution in [-0.4, -0.2) is 17.3 Å². The molecule has 0 saturated heterocycles. The van der Waals surface area contributed by atoms with Crippen molar-refractivity contribution in [2.75, 3.05) is 5.33 Å². The van der Waals surface area contributed by atoms with Crippen molar-refractivity contribution in [3.8, 4) is 0 Å². The van der Waals surface area contributed by atoms with Gasteiger partial charge in [-0.3, -0.25) is 4.79 Å². The van der Waals surface area contributed by atoms with Crippen LogP contribution in [0.2, 0.25) is 0 Å². The Morgan fingerprint density at radius 2 is 2.22 bits per heavy atom. The van der Waals surface area contributed by atoms with Gasteiger partial charge < -0.3 is 5.32 Å². The number of fused-ring (bicyclic) bond motifs is 1. The Labute approximate surface area is 120 Å². The lowest BCUT2D eigenvalue weighted by Crippen LogP contribution is -2.31. The summed E-state index contributed by atoms with van der Waals surface area (Å²) >= 11 is 4.95. The SMILES string of the molecule is CC(CCCBr)NC(=O)c1cc2ccccc2s1. The lowest BCUT2D eigenvalue weighted by Gasteiger charge is -2.11. The molecule has 0 aliphatic heterocycles. The Hall–Kier alpha value is -0.870. The smallest absolute Gasteiger partial charge is 0.261 e. The summed E-state index contributed by atoms with van der Waals surface area (Å²) in [7, 11) is 0. The van der Waals surface area contributed by atoms with E-state index in [9.17, 15) is 4.79 Å². The van der Waals surface area contributed by atoms with Crippen LogP contribution in [0.5, 0.6) is 0 Å². The molecule has 0 radical (unpaired) electrons. The van der Waals surface area contributed by atoms with Crippen molar-refractivity contribution in [3.63, 3.8) is 0 Å². The van der Waals surface area contributed by atoms with Crippen LogP contribution in [-0.2, 0) is 0 Å². The number of hydrogen-bond donors (Lipinski definition) is 1. The Balaban J connectivity index is 2.04. The first-order chi connectivity index (χ1) is 8.70. The second kappa shape index (κ2) is 6.34. The van der Waals surface area contributed by atoms with Crippen molar-refractivity contribution in [2.45, 2.75) is 25.8 Å². The van der Waals surface area contributed by atoms with Gasteiger partial charge in [0.15, 0.2) is 0 Å². The van der Waals surface area contributed by atoms with E-state index in [-0.39, 0.29) is 11.9 Å². The van der Waals surface area contributed by atoms with E-state index < -0.39 is 0 Å². The van der Waals surface area contributed by atoms with Gasteiger partial charge in [-0.1, -0.05) is 34.1 Å². The zero-order valence-corrected chi connectivity index (χ0v) is 12.7. The molecule has 0 aliphatic rings. The monoisotopic (exact) mass is 325 g/mol. The summed E-state index contributed by atoms with van der Waals surface area (Å²) < 4.78 is 1.16. The first kappa shape index (κ1) is 13.6. The zero-order valence-electron chi connectivity index (χ0n) is 10.3. The molecule has 1 N–H and O–H groups in total. The number of thiophene rings is 1. The molecule has 96 valence electrons. The third-order valence-corrected chi connectivity index (χ3v) is 4.47. The van der Waals surface area contributed by atoms with E-state index in [2.05, 4.69) is 21.2 Å². The lowest BCUT2D eigenvalue weighted by molar-refractivity contribution is 0.0942. The van der Waals surface area contributed by atoms with Crippen LogP contribution >= 0.6 is 27.3 Å². The van der Waals surface area contributed by atoms with Crippen LogP contribution in [0, 0.1) is 0 Å². The molecule has 1 unspecified atom stereocenters. The van der Waals surface area contributed by atoms with Gasteiger partial charge in [0, 0.05) is 16.1 Å². The zero-order chi connectivity index (χ0) is 13.0. The standard InChI is InChI=1S/C14H16BrNOS/c1-10(5-4-8-15)16-14(17)13-9-11-6-2-3-7-12(11)18-13/h2-3,6-7,9-10H,4-5,8H2,1H3,(H,16,17). The van der Waals surface area contributed by atoms with Crippen LogP contribution in [0.25, 0.3) is 10.1 Å². The maximum Gasteiger partial charge on any atom is 0.261 e. The van der Waals surface area contributed by atoms with Crippen LogP contribution < -0.4 is 5.32 Å². The normalized spacial score (nSPS) is 12.6. The fourth-order valence-corrected chi connectivity index (χ4v) is 3.13. The lowest BCUT2D eigenvalue weighted by atomic mass is 10.2. The highest BCUT2D eigenvalue weighted by atomic mass is 79.9. The fourth-order valence-electron chi connectivity index (χ4n) is 1.84. The summed E-state index contributed by atoms with van der Waals surface area (Å²) in [5.41, 5.74) is 0. The minimum Gasteiger partial charge on any atom is -0.349 e. The number of carbonyl (C=O) groups is 1. The second-order valence-corrected chi connectivity index (χ2v) is 6.23. The number of amides is 1. The van der Waals surface area contributed by atoms with Gasteiger partial charge in [0.25, 0.3) is 5.91 Å². The molecule has 0 saturated carbocycles. The maximum atomic E-state index is 12.1. The highest BCUT2D eigenvalue weighted by Crippen LogP contribution is 2.25. The maximum absolute atomic E-state index is 12.1. The van der Waals surface area contributed by atoms with E-state index in [0.717, 1.165) is 33.1 Å². The first-order valence-corrected chi connectivity index (χ1v) is 8.00. The minimum absolute atomic E-state index is 0.0401. The molecule has 2 aromatic rings. The van der Waals surface area contributed by atoms with Gasteiger partial charge in [-0.05, 0) is 37.3 Å². The number of benzene rings is 1. The first-order valence-electron chi connectivity index (χ1n) is 6.06. The summed E-state index contributed by atoms with van der Waals surface area (Å²) in [6.45, 7) is 2.05. The van der Waals surface area contributed by atoms with Gasteiger partial charge >= 0.3 is 0 Å². The number of carbonyl (C=O) groups excluding carboxylic acids is 1. The van der Waals surface area contributed by atoms with Crippen molar-refractivity contribution < 1.29 is 4.79 Å². The summed E-state index contributed by atoms with van der Waals surface area (Å²) in [6, 6.07) is 10.3. The van der Waals surface area contributed by atoms with Gasteiger partial charge in [0.05, 0.1) is 4.88 Å². The van der Waals surface area contributed by atoms with Gasteiger partial charge in [-0.2, -0.15) is 0 Å². The highest BCUT2D eigenvalue weighted by molar-refractivity contribution is 9.09. The molecule has 0 bridgehead atoms. The van der Waals surface area contributed by atoms with Gasteiger partial charge in [0.1, 0.15) is 0 Å². The third-order valence-electron chi connectivity index (χ3n) is 2.80. The average Bonchev–Trinajstić information content (AvgIpc) is 2.80. The fraction of sp³-hybridized carbons (Fsp3) is 0.357. The van der Waals surface area contributed by atoms with Crippen molar-refractivity contribution in [3.05, 3.63) is 35.2 Å². The number of halogens is 1. The molecule has 1 aromatic heterocycles. The second-order valence-electron chi connectivity index (χ2n) is 4.35. The Kier molecular flexibility index (Phi) is 4.78. The van der Waals surface area contributed by atoms with Gasteiger partial charge in [-0.15, -0.1) is 11.3 Å². The molecular formula is C14H16BrNOS. The third kappa shape index (κ3) is 3.33. The van der Waals surface area contributed by atoms with E-state index in [4.69, 9.17) is 0 Å². The summed E-state index contributed by atoms with van der Waals surface area (Å²) in [5, 5.41) is 5.16. The largest absolute Gasteiger partial charge is 0.349 e. The molecular weight excluding hydrogens is 310 g/mol. The number of rotatable bonds is 5. The Morgan fingerprint density at radius 1 is 1.44 bits per heavy atom. The molecule has 0 fully saturated rings. The van der Waals surface area contributed by atoms with E-state index in [1.165, 1.54) is 0 Å². The van der Waals surface area contributed by atoms with Crippen LogP contribution in [0.4, 0.5) is 0 Å². The van der Waals surface area contributed by atoms with Gasteiger partial charge in [-0.25, -0.2) is 0 Å². The van der Waals surface area contributed by atoms with E-state index in [1.807, 2.05) is 37.3 Å². The van der Waals surface area contributed by atoms with Crippen LogP contribution in [0.3, 0.4) is 0 Å². The molecule has 4 heteroatoms. The number of hydrogen-bond acceptors (Lipinski definition) is 2. The summed E-state index contributed by atoms with van der Waals surface area (Å²) in [4.78, 5) is 12.9. The summed E-state index contributed by atoms with van der Waals surface area (Å²) in [6.07, 6.45) is 2.08. The molecule has 1 heterocycles. The molecule has 1 aromatic carbocycles. The van der Waals surface area contributed by atoms with E-state index >= 15 is 0 Å². The van der Waals surface area contributed by atoms with E-state index in [0.29, 0.717) is 0 Å². The minimum atomic E-state index is 0.0401. The summed E-state index contributed by atoms with van der Waals surface area (Å²) in [5.74, 6) is 0.0401. The van der Waals surface area contributed by atoms with Crippen molar-refractivity contribution in [1.82, 2.24) is 5.32 Å². The molecule has 1 amide bonds.